The molecular weight excluding hydrogens is 312 g/mol. The zero-order chi connectivity index (χ0) is 16.5. The molecule has 0 spiro atoms. The number of nitrogens with one attached hydrogen (secondary N) is 1. The molecule has 1 atom stereocenters. The van der Waals surface area contributed by atoms with Crippen molar-refractivity contribution in [1.82, 2.24) is 19.4 Å². The number of imide groups is 1. The van der Waals surface area contributed by atoms with E-state index in [1.807, 2.05) is 0 Å². The van der Waals surface area contributed by atoms with Crippen LogP contribution in [0, 0.1) is 0 Å². The number of carbonyl (C=O) groups is 3. The second kappa shape index (κ2) is 6.21. The summed E-state index contributed by atoms with van der Waals surface area (Å²) in [7, 11) is -1.80. The highest BCUT2D eigenvalue weighted by atomic mass is 32.2. The van der Waals surface area contributed by atoms with Gasteiger partial charge in [0.25, 0.3) is 5.91 Å². The van der Waals surface area contributed by atoms with E-state index in [1.54, 1.807) is 0 Å². The van der Waals surface area contributed by atoms with Crippen molar-refractivity contribution < 1.29 is 22.8 Å². The summed E-state index contributed by atoms with van der Waals surface area (Å²) in [5.74, 6) is -0.874. The summed E-state index contributed by atoms with van der Waals surface area (Å²) in [6.07, 6.45) is 2.45. The lowest BCUT2D eigenvalue weighted by Crippen LogP contribution is -2.51. The van der Waals surface area contributed by atoms with Crippen molar-refractivity contribution in [2.45, 2.75) is 18.9 Å². The fourth-order valence-electron chi connectivity index (χ4n) is 2.60. The van der Waals surface area contributed by atoms with Crippen molar-refractivity contribution in [3.8, 4) is 0 Å². The average molecular weight is 332 g/mol. The largest absolute Gasteiger partial charge is 0.350 e. The van der Waals surface area contributed by atoms with E-state index in [-0.39, 0.29) is 25.7 Å². The van der Waals surface area contributed by atoms with Crippen molar-refractivity contribution in [2.75, 3.05) is 39.5 Å². The van der Waals surface area contributed by atoms with E-state index in [0.29, 0.717) is 19.4 Å². The van der Waals surface area contributed by atoms with Gasteiger partial charge in [0.2, 0.25) is 15.9 Å². The maximum atomic E-state index is 12.0. The van der Waals surface area contributed by atoms with E-state index < -0.39 is 27.9 Å². The molecule has 9 nitrogen and oxygen atoms in total. The Morgan fingerprint density at radius 3 is 2.59 bits per heavy atom. The van der Waals surface area contributed by atoms with E-state index in [4.69, 9.17) is 0 Å². The standard InChI is InChI=1S/C12H20N4O5S/c1-14-8-11(18)16(12(14)19)7-10(17)13-9-4-3-5-15(6-9)22(2,20)21/h9H,3-8H2,1-2H3,(H,13,17). The summed E-state index contributed by atoms with van der Waals surface area (Å²) in [5, 5.41) is 2.69. The van der Waals surface area contributed by atoms with Crippen molar-refractivity contribution >= 4 is 27.9 Å². The molecule has 2 heterocycles. The monoisotopic (exact) mass is 332 g/mol. The number of hydrogen-bond donors (Lipinski definition) is 1. The van der Waals surface area contributed by atoms with Gasteiger partial charge in [0.05, 0.1) is 6.26 Å². The number of rotatable bonds is 4. The highest BCUT2D eigenvalue weighted by Crippen LogP contribution is 2.13. The maximum Gasteiger partial charge on any atom is 0.327 e. The molecule has 0 radical (unpaired) electrons. The first-order valence-corrected chi connectivity index (χ1v) is 8.83. The highest BCUT2D eigenvalue weighted by molar-refractivity contribution is 7.88. The number of sulfonamides is 1. The van der Waals surface area contributed by atoms with Gasteiger partial charge in [0.1, 0.15) is 13.1 Å². The van der Waals surface area contributed by atoms with Crippen molar-refractivity contribution in [1.29, 1.82) is 0 Å². The Kier molecular flexibility index (Phi) is 4.71. The lowest BCUT2D eigenvalue weighted by Gasteiger charge is -2.31. The Morgan fingerprint density at radius 1 is 1.36 bits per heavy atom. The molecule has 1 unspecified atom stereocenters. The molecule has 2 aliphatic heterocycles. The third-order valence-electron chi connectivity index (χ3n) is 3.75. The molecule has 10 heteroatoms. The van der Waals surface area contributed by atoms with E-state index in [1.165, 1.54) is 16.3 Å². The van der Waals surface area contributed by atoms with Crippen molar-refractivity contribution in [3.63, 3.8) is 0 Å². The fourth-order valence-corrected chi connectivity index (χ4v) is 3.51. The molecule has 0 aromatic heterocycles. The molecule has 4 amide bonds. The molecule has 2 saturated heterocycles. The zero-order valence-electron chi connectivity index (χ0n) is 12.6. The molecule has 0 aromatic carbocycles. The summed E-state index contributed by atoms with van der Waals surface area (Å²) in [4.78, 5) is 37.4. The van der Waals surface area contributed by atoms with E-state index in [0.717, 1.165) is 11.2 Å². The first-order chi connectivity index (χ1) is 10.2. The highest BCUT2D eigenvalue weighted by Gasteiger charge is 2.35. The summed E-state index contributed by atoms with van der Waals surface area (Å²) in [6.45, 7) is 0.292. The topological polar surface area (TPSA) is 107 Å². The van der Waals surface area contributed by atoms with E-state index >= 15 is 0 Å². The van der Waals surface area contributed by atoms with E-state index in [9.17, 15) is 22.8 Å². The Bertz CT molecular complexity index is 590. The van der Waals surface area contributed by atoms with Gasteiger partial charge in [-0.3, -0.25) is 14.5 Å². The van der Waals surface area contributed by atoms with Gasteiger partial charge in [-0.25, -0.2) is 17.5 Å². The van der Waals surface area contributed by atoms with Crippen LogP contribution in [0.1, 0.15) is 12.8 Å². The van der Waals surface area contributed by atoms with Crippen LogP contribution in [0.5, 0.6) is 0 Å². The minimum atomic E-state index is -3.29. The van der Waals surface area contributed by atoms with Crippen LogP contribution >= 0.6 is 0 Å². The molecule has 0 aromatic rings. The third-order valence-corrected chi connectivity index (χ3v) is 5.02. The van der Waals surface area contributed by atoms with Crippen LogP contribution in [-0.2, 0) is 19.6 Å². The second-order valence-corrected chi connectivity index (χ2v) is 7.63. The quantitative estimate of drug-likeness (QED) is 0.625. The number of carbonyl (C=O) groups excluding carboxylic acids is 3. The minimum Gasteiger partial charge on any atom is -0.350 e. The summed E-state index contributed by atoms with van der Waals surface area (Å²) < 4.78 is 24.4. The molecule has 2 aliphatic rings. The molecule has 124 valence electrons. The number of urea groups is 1. The van der Waals surface area contributed by atoms with Crippen LogP contribution < -0.4 is 5.32 Å². The minimum absolute atomic E-state index is 0.0304. The van der Waals surface area contributed by atoms with Crippen LogP contribution in [0.4, 0.5) is 4.79 Å². The van der Waals surface area contributed by atoms with Gasteiger partial charge in [-0.2, -0.15) is 0 Å². The Balaban J connectivity index is 1.90. The van der Waals surface area contributed by atoms with Crippen molar-refractivity contribution in [2.24, 2.45) is 0 Å². The molecule has 2 rings (SSSR count). The van der Waals surface area contributed by atoms with Gasteiger partial charge in [-0.15, -0.1) is 0 Å². The predicted octanol–water partition coefficient (Wildman–Crippen LogP) is -1.58. The predicted molar refractivity (Wildman–Crippen MR) is 77.3 cm³/mol. The Morgan fingerprint density at radius 2 is 2.05 bits per heavy atom. The summed E-state index contributed by atoms with van der Waals surface area (Å²) in [5.41, 5.74) is 0. The molecule has 22 heavy (non-hydrogen) atoms. The smallest absolute Gasteiger partial charge is 0.327 e. The van der Waals surface area contributed by atoms with Gasteiger partial charge in [-0.1, -0.05) is 0 Å². The van der Waals surface area contributed by atoms with Crippen LogP contribution in [0.15, 0.2) is 0 Å². The van der Waals surface area contributed by atoms with Crippen LogP contribution in [0.3, 0.4) is 0 Å². The van der Waals surface area contributed by atoms with Crippen LogP contribution in [-0.4, -0.2) is 85.9 Å². The molecule has 0 aliphatic carbocycles. The maximum absolute atomic E-state index is 12.0. The molecule has 0 bridgehead atoms. The van der Waals surface area contributed by atoms with Gasteiger partial charge in [-0.05, 0) is 12.8 Å². The molecular formula is C12H20N4O5S. The van der Waals surface area contributed by atoms with Crippen LogP contribution in [0.2, 0.25) is 0 Å². The van der Waals surface area contributed by atoms with Gasteiger partial charge in [0.15, 0.2) is 0 Å². The first-order valence-electron chi connectivity index (χ1n) is 6.98. The number of likely N-dealkylation sites (N-methyl/N-ethyl adjacent to an activating group) is 1. The van der Waals surface area contributed by atoms with Gasteiger partial charge < -0.3 is 10.2 Å². The molecule has 1 N–H and O–H groups in total. The lowest BCUT2D eigenvalue weighted by molar-refractivity contribution is -0.131. The normalized spacial score (nSPS) is 24.0. The van der Waals surface area contributed by atoms with Crippen LogP contribution in [0.25, 0.3) is 0 Å². The second-order valence-electron chi connectivity index (χ2n) is 5.65. The Labute approximate surface area is 129 Å². The van der Waals surface area contributed by atoms with E-state index in [2.05, 4.69) is 5.32 Å². The SMILES string of the molecule is CN1CC(=O)N(CC(=O)NC2CCCN(S(C)(=O)=O)C2)C1=O. The number of piperidine rings is 1. The average Bonchev–Trinajstić information content (AvgIpc) is 2.65. The lowest BCUT2D eigenvalue weighted by atomic mass is 10.1. The van der Waals surface area contributed by atoms with Gasteiger partial charge >= 0.3 is 6.03 Å². The first kappa shape index (κ1) is 16.7. The number of hydrogen-bond acceptors (Lipinski definition) is 5. The number of nitrogens with zero attached hydrogens (tertiary/aromatic N) is 3. The third kappa shape index (κ3) is 3.74. The summed E-state index contributed by atoms with van der Waals surface area (Å²) >= 11 is 0. The van der Waals surface area contributed by atoms with Crippen molar-refractivity contribution in [3.05, 3.63) is 0 Å². The fraction of sp³-hybridized carbons (Fsp3) is 0.750. The summed E-state index contributed by atoms with van der Waals surface area (Å²) in [6, 6.07) is -0.803. The zero-order valence-corrected chi connectivity index (χ0v) is 13.4. The molecule has 2 fully saturated rings. The Hall–Kier alpha value is -1.68. The van der Waals surface area contributed by atoms with Gasteiger partial charge in [0, 0.05) is 26.2 Å². The number of amides is 4. The molecule has 0 saturated carbocycles.